The van der Waals surface area contributed by atoms with Crippen LogP contribution in [0.5, 0.6) is 0 Å². The molecule has 6 heteroatoms. The third-order valence-electron chi connectivity index (χ3n) is 3.30. The summed E-state index contributed by atoms with van der Waals surface area (Å²) < 4.78 is 14.1. The Kier molecular flexibility index (Phi) is 4.31. The van der Waals surface area contributed by atoms with Crippen LogP contribution < -0.4 is 5.32 Å². The number of halogens is 1. The third-order valence-corrected chi connectivity index (χ3v) is 3.30. The lowest BCUT2D eigenvalue weighted by Crippen LogP contribution is -2.30. The number of aliphatic hydroxyl groups excluding tert-OH is 1. The van der Waals surface area contributed by atoms with Crippen molar-refractivity contribution in [2.75, 3.05) is 31.6 Å². The van der Waals surface area contributed by atoms with E-state index < -0.39 is 5.82 Å². The summed E-state index contributed by atoms with van der Waals surface area (Å²) in [7, 11) is 0. The molecular weight excluding hydrogens is 249 g/mol. The molecule has 0 radical (unpaired) electrons. The quantitative estimate of drug-likeness (QED) is 0.857. The lowest BCUT2D eigenvalue weighted by molar-refractivity contribution is 0.0777. The highest BCUT2D eigenvalue weighted by molar-refractivity contribution is 5.95. The number of aromatic nitrogens is 1. The van der Waals surface area contributed by atoms with Crippen LogP contribution in [0.2, 0.25) is 0 Å². The molecule has 0 saturated carbocycles. The Morgan fingerprint density at radius 3 is 3.11 bits per heavy atom. The topological polar surface area (TPSA) is 65.5 Å². The molecule has 1 saturated heterocycles. The third kappa shape index (κ3) is 2.84. The molecule has 1 unspecified atom stereocenters. The molecule has 2 N–H and O–H groups in total. The molecule has 1 fully saturated rings. The van der Waals surface area contributed by atoms with E-state index in [2.05, 4.69) is 10.3 Å². The van der Waals surface area contributed by atoms with Crippen LogP contribution in [0.25, 0.3) is 0 Å². The van der Waals surface area contributed by atoms with Crippen LogP contribution in [0.3, 0.4) is 0 Å². The SMILES string of the molecule is CCNc1nccc(C(=O)N2CCC(CO)C2)c1F. The number of aliphatic hydroxyl groups is 1. The molecule has 5 nitrogen and oxygen atoms in total. The van der Waals surface area contributed by atoms with Crippen molar-refractivity contribution in [2.24, 2.45) is 5.92 Å². The van der Waals surface area contributed by atoms with E-state index in [1.165, 1.54) is 12.3 Å². The van der Waals surface area contributed by atoms with E-state index >= 15 is 0 Å². The second-order valence-electron chi connectivity index (χ2n) is 4.64. The number of carbonyl (C=O) groups is 1. The maximum Gasteiger partial charge on any atom is 0.257 e. The van der Waals surface area contributed by atoms with Gasteiger partial charge in [0.1, 0.15) is 0 Å². The molecule has 0 aliphatic carbocycles. The Balaban J connectivity index is 2.17. The van der Waals surface area contributed by atoms with E-state index in [4.69, 9.17) is 5.11 Å². The first-order valence-corrected chi connectivity index (χ1v) is 6.45. The van der Waals surface area contributed by atoms with Gasteiger partial charge in [-0.25, -0.2) is 9.37 Å². The number of hydrogen-bond donors (Lipinski definition) is 2. The van der Waals surface area contributed by atoms with Gasteiger partial charge in [-0.15, -0.1) is 0 Å². The number of amides is 1. The Morgan fingerprint density at radius 2 is 2.47 bits per heavy atom. The summed E-state index contributed by atoms with van der Waals surface area (Å²) in [5.41, 5.74) is 0.0320. The van der Waals surface area contributed by atoms with E-state index in [1.807, 2.05) is 6.92 Å². The normalized spacial score (nSPS) is 18.7. The fraction of sp³-hybridized carbons (Fsp3) is 0.538. The van der Waals surface area contributed by atoms with Crippen molar-refractivity contribution < 1.29 is 14.3 Å². The summed E-state index contributed by atoms with van der Waals surface area (Å²) >= 11 is 0. The van der Waals surface area contributed by atoms with Crippen molar-refractivity contribution in [3.63, 3.8) is 0 Å². The molecule has 1 aromatic rings. The summed E-state index contributed by atoms with van der Waals surface area (Å²) in [6.45, 7) is 3.47. The Hall–Kier alpha value is -1.69. The largest absolute Gasteiger partial charge is 0.396 e. The van der Waals surface area contributed by atoms with Gasteiger partial charge in [0.05, 0.1) is 5.56 Å². The first-order chi connectivity index (χ1) is 9.17. The minimum Gasteiger partial charge on any atom is -0.396 e. The van der Waals surface area contributed by atoms with E-state index in [0.29, 0.717) is 19.6 Å². The monoisotopic (exact) mass is 267 g/mol. The summed E-state index contributed by atoms with van der Waals surface area (Å²) in [6, 6.07) is 1.39. The molecule has 1 aliphatic heterocycles. The summed E-state index contributed by atoms with van der Waals surface area (Å²) in [5.74, 6) is -0.745. The van der Waals surface area contributed by atoms with Gasteiger partial charge in [0, 0.05) is 38.4 Å². The molecule has 1 aliphatic rings. The predicted octanol–water partition coefficient (Wildman–Crippen LogP) is 1.11. The zero-order valence-corrected chi connectivity index (χ0v) is 10.9. The molecule has 104 valence electrons. The second-order valence-corrected chi connectivity index (χ2v) is 4.64. The highest BCUT2D eigenvalue weighted by Gasteiger charge is 2.28. The number of rotatable bonds is 4. The van der Waals surface area contributed by atoms with E-state index in [1.54, 1.807) is 4.90 Å². The zero-order chi connectivity index (χ0) is 13.8. The lowest BCUT2D eigenvalue weighted by atomic mass is 10.1. The van der Waals surface area contributed by atoms with E-state index in [-0.39, 0.29) is 29.8 Å². The van der Waals surface area contributed by atoms with Gasteiger partial charge in [0.15, 0.2) is 11.6 Å². The maximum absolute atomic E-state index is 14.1. The van der Waals surface area contributed by atoms with Crippen LogP contribution in [-0.4, -0.2) is 47.1 Å². The van der Waals surface area contributed by atoms with Crippen LogP contribution in [0.15, 0.2) is 12.3 Å². The standard InChI is InChI=1S/C13H18FN3O2/c1-2-15-12-11(14)10(3-5-16-12)13(19)17-6-4-9(7-17)8-18/h3,5,9,18H,2,4,6-8H2,1H3,(H,15,16). The number of nitrogens with one attached hydrogen (secondary N) is 1. The van der Waals surface area contributed by atoms with Gasteiger partial charge in [-0.3, -0.25) is 4.79 Å². The fourth-order valence-corrected chi connectivity index (χ4v) is 2.24. The summed E-state index contributed by atoms with van der Waals surface area (Å²) in [6.07, 6.45) is 2.18. The van der Waals surface area contributed by atoms with Gasteiger partial charge in [-0.05, 0) is 19.4 Å². The van der Waals surface area contributed by atoms with Crippen LogP contribution in [-0.2, 0) is 0 Å². The number of anilines is 1. The van der Waals surface area contributed by atoms with E-state index in [0.717, 1.165) is 6.42 Å². The average molecular weight is 267 g/mol. The Bertz CT molecular complexity index is 467. The first kappa shape index (κ1) is 13.7. The van der Waals surface area contributed by atoms with Crippen LogP contribution in [0.1, 0.15) is 23.7 Å². The van der Waals surface area contributed by atoms with Crippen molar-refractivity contribution in [1.29, 1.82) is 0 Å². The van der Waals surface area contributed by atoms with Gasteiger partial charge < -0.3 is 15.3 Å². The molecule has 1 atom stereocenters. The highest BCUT2D eigenvalue weighted by Crippen LogP contribution is 2.21. The summed E-state index contributed by atoms with van der Waals surface area (Å²) in [4.78, 5) is 17.7. The molecule has 1 amide bonds. The first-order valence-electron chi connectivity index (χ1n) is 6.45. The lowest BCUT2D eigenvalue weighted by Gasteiger charge is -2.17. The number of nitrogens with zero attached hydrogens (tertiary/aromatic N) is 2. The predicted molar refractivity (Wildman–Crippen MR) is 69.5 cm³/mol. The van der Waals surface area contributed by atoms with Crippen LogP contribution in [0, 0.1) is 11.7 Å². The molecule has 19 heavy (non-hydrogen) atoms. The molecule has 0 aromatic carbocycles. The van der Waals surface area contributed by atoms with Crippen LogP contribution in [0.4, 0.5) is 10.2 Å². The number of carbonyl (C=O) groups excluding carboxylic acids is 1. The van der Waals surface area contributed by atoms with E-state index in [9.17, 15) is 9.18 Å². The van der Waals surface area contributed by atoms with Gasteiger partial charge in [0.25, 0.3) is 5.91 Å². The van der Waals surface area contributed by atoms with Gasteiger partial charge in [-0.2, -0.15) is 0 Å². The van der Waals surface area contributed by atoms with Gasteiger partial charge >= 0.3 is 0 Å². The number of hydrogen-bond acceptors (Lipinski definition) is 4. The molecule has 1 aromatic heterocycles. The Morgan fingerprint density at radius 1 is 1.68 bits per heavy atom. The minimum absolute atomic E-state index is 0.0320. The molecular formula is C13H18FN3O2. The molecule has 0 spiro atoms. The highest BCUT2D eigenvalue weighted by atomic mass is 19.1. The average Bonchev–Trinajstić information content (AvgIpc) is 2.89. The molecule has 2 heterocycles. The summed E-state index contributed by atoms with van der Waals surface area (Å²) in [5, 5.41) is 11.9. The van der Waals surface area contributed by atoms with Crippen molar-refractivity contribution in [1.82, 2.24) is 9.88 Å². The van der Waals surface area contributed by atoms with Crippen molar-refractivity contribution >= 4 is 11.7 Å². The number of likely N-dealkylation sites (tertiary alicyclic amines) is 1. The van der Waals surface area contributed by atoms with Crippen molar-refractivity contribution in [3.05, 3.63) is 23.6 Å². The zero-order valence-electron chi connectivity index (χ0n) is 10.9. The van der Waals surface area contributed by atoms with Gasteiger partial charge in [0.2, 0.25) is 0 Å². The minimum atomic E-state index is -0.609. The molecule has 0 bridgehead atoms. The second kappa shape index (κ2) is 5.97. The maximum atomic E-state index is 14.1. The van der Waals surface area contributed by atoms with Crippen LogP contribution >= 0.6 is 0 Å². The fourth-order valence-electron chi connectivity index (χ4n) is 2.24. The molecule has 2 rings (SSSR count). The Labute approximate surface area is 111 Å². The van der Waals surface area contributed by atoms with Gasteiger partial charge in [-0.1, -0.05) is 0 Å². The van der Waals surface area contributed by atoms with Crippen molar-refractivity contribution in [3.8, 4) is 0 Å². The van der Waals surface area contributed by atoms with Crippen molar-refractivity contribution in [2.45, 2.75) is 13.3 Å². The smallest absolute Gasteiger partial charge is 0.257 e. The number of pyridine rings is 1.